The van der Waals surface area contributed by atoms with Crippen molar-refractivity contribution in [2.24, 2.45) is 7.05 Å². The smallest absolute Gasteiger partial charge is 0.319 e. The van der Waals surface area contributed by atoms with Crippen LogP contribution in [0.2, 0.25) is 0 Å². The van der Waals surface area contributed by atoms with Crippen LogP contribution in [-0.2, 0) is 11.8 Å². The summed E-state index contributed by atoms with van der Waals surface area (Å²) in [5.74, 6) is 0.0146. The van der Waals surface area contributed by atoms with E-state index in [1.165, 1.54) is 0 Å². The Morgan fingerprint density at radius 3 is 2.61 bits per heavy atom. The van der Waals surface area contributed by atoms with Gasteiger partial charge >= 0.3 is 6.03 Å². The normalized spacial score (nSPS) is 19.9. The second-order valence-electron chi connectivity index (χ2n) is 7.76. The predicted octanol–water partition coefficient (Wildman–Crippen LogP) is 1.73. The molecule has 0 aliphatic carbocycles. The van der Waals surface area contributed by atoms with E-state index in [9.17, 15) is 9.59 Å². The van der Waals surface area contributed by atoms with Crippen LogP contribution in [0, 0.1) is 0 Å². The number of aromatic nitrogens is 2. The molecule has 0 spiro atoms. The third kappa shape index (κ3) is 5.13. The van der Waals surface area contributed by atoms with Gasteiger partial charge in [0.2, 0.25) is 0 Å². The number of fused-ring (bicyclic) bond motifs is 5. The molecule has 10 heteroatoms. The van der Waals surface area contributed by atoms with E-state index in [1.807, 2.05) is 37.1 Å². The van der Waals surface area contributed by atoms with Gasteiger partial charge in [0.1, 0.15) is 0 Å². The summed E-state index contributed by atoms with van der Waals surface area (Å²) in [6, 6.07) is 5.65. The van der Waals surface area contributed by atoms with Crippen molar-refractivity contribution in [3.63, 3.8) is 0 Å². The number of aryl methyl sites for hydroxylation is 1. The lowest BCUT2D eigenvalue weighted by atomic mass is 10.0. The molecule has 3 N–H and O–H groups in total. The fraction of sp³-hybridized carbons (Fsp3) is 0.524. The fourth-order valence-corrected chi connectivity index (χ4v) is 4.20. The highest BCUT2D eigenvalue weighted by molar-refractivity contribution is 6.06. The number of hydrogen-bond acceptors (Lipinski definition) is 5. The van der Waals surface area contributed by atoms with Gasteiger partial charge in [-0.1, -0.05) is 6.92 Å². The Kier molecular flexibility index (Phi) is 7.45. The number of anilines is 1. The quantitative estimate of drug-likeness (QED) is 0.636. The van der Waals surface area contributed by atoms with E-state index in [4.69, 9.17) is 9.90 Å². The van der Waals surface area contributed by atoms with Crippen molar-refractivity contribution in [3.8, 4) is 0 Å². The van der Waals surface area contributed by atoms with Crippen LogP contribution in [0.1, 0.15) is 36.7 Å². The molecule has 3 amide bonds. The zero-order chi connectivity index (χ0) is 22.4. The van der Waals surface area contributed by atoms with Gasteiger partial charge in [-0.05, 0) is 37.5 Å². The maximum atomic E-state index is 13.3. The highest BCUT2D eigenvalue weighted by atomic mass is 16.3. The number of nitrogens with one attached hydrogen (secondary N) is 2. The molecule has 2 aromatic rings. The molecule has 168 valence electrons. The van der Waals surface area contributed by atoms with Crippen LogP contribution >= 0.6 is 0 Å². The van der Waals surface area contributed by atoms with Crippen molar-refractivity contribution < 1.29 is 19.5 Å². The molecule has 31 heavy (non-hydrogen) atoms. The number of piperidine rings is 1. The first-order chi connectivity index (χ1) is 15.0. The van der Waals surface area contributed by atoms with E-state index in [0.717, 1.165) is 56.3 Å². The van der Waals surface area contributed by atoms with Crippen molar-refractivity contribution in [2.75, 3.05) is 38.0 Å². The number of hydrogen-bond donors (Lipinski definition) is 3. The summed E-state index contributed by atoms with van der Waals surface area (Å²) in [4.78, 5) is 38.0. The Bertz CT molecular complexity index is 935. The second kappa shape index (κ2) is 10.3. The van der Waals surface area contributed by atoms with Gasteiger partial charge < -0.3 is 25.5 Å². The maximum absolute atomic E-state index is 13.3. The average molecular weight is 431 g/mol. The van der Waals surface area contributed by atoms with Crippen LogP contribution in [0.25, 0.3) is 10.9 Å². The van der Waals surface area contributed by atoms with E-state index in [-0.39, 0.29) is 18.4 Å². The number of carbonyl (C=O) groups is 3. The lowest BCUT2D eigenvalue weighted by Gasteiger charge is -2.31. The second-order valence-corrected chi connectivity index (χ2v) is 7.76. The van der Waals surface area contributed by atoms with Gasteiger partial charge in [0.25, 0.3) is 12.4 Å². The molecule has 10 nitrogen and oxygen atoms in total. The predicted molar refractivity (Wildman–Crippen MR) is 117 cm³/mol. The molecular weight excluding hydrogens is 400 g/mol. The summed E-state index contributed by atoms with van der Waals surface area (Å²) in [7, 11) is 1.83. The monoisotopic (exact) mass is 430 g/mol. The number of benzene rings is 1. The summed E-state index contributed by atoms with van der Waals surface area (Å²) >= 11 is 0. The molecule has 5 rings (SSSR count). The summed E-state index contributed by atoms with van der Waals surface area (Å²) in [6.07, 6.45) is 2.96. The molecule has 2 bridgehead atoms. The Morgan fingerprint density at radius 1 is 1.23 bits per heavy atom. The average Bonchev–Trinajstić information content (AvgIpc) is 2.91. The molecule has 1 aromatic carbocycles. The molecule has 0 unspecified atom stereocenters. The molecule has 0 atom stereocenters. The van der Waals surface area contributed by atoms with Crippen molar-refractivity contribution in [2.45, 2.75) is 32.2 Å². The van der Waals surface area contributed by atoms with Gasteiger partial charge in [0.05, 0.1) is 5.52 Å². The van der Waals surface area contributed by atoms with Gasteiger partial charge in [-0.25, -0.2) is 4.79 Å². The Balaban J connectivity index is 0.000000858. The van der Waals surface area contributed by atoms with Gasteiger partial charge in [-0.3, -0.25) is 14.3 Å². The maximum Gasteiger partial charge on any atom is 0.319 e. The number of amides is 3. The van der Waals surface area contributed by atoms with Crippen LogP contribution in [0.5, 0.6) is 0 Å². The highest BCUT2D eigenvalue weighted by Gasteiger charge is 2.34. The summed E-state index contributed by atoms with van der Waals surface area (Å²) in [6.45, 7) is 6.24. The lowest BCUT2D eigenvalue weighted by Crippen LogP contribution is -2.41. The zero-order valence-corrected chi connectivity index (χ0v) is 18.0. The van der Waals surface area contributed by atoms with Crippen molar-refractivity contribution >= 4 is 35.0 Å². The van der Waals surface area contributed by atoms with Crippen molar-refractivity contribution in [1.29, 1.82) is 0 Å². The first-order valence-electron chi connectivity index (χ1n) is 10.6. The molecule has 3 saturated heterocycles. The Labute approximate surface area is 181 Å². The van der Waals surface area contributed by atoms with Crippen molar-refractivity contribution in [1.82, 2.24) is 24.9 Å². The highest BCUT2D eigenvalue weighted by Crippen LogP contribution is 2.27. The van der Waals surface area contributed by atoms with E-state index in [1.54, 1.807) is 4.68 Å². The molecule has 3 aliphatic rings. The minimum Gasteiger partial charge on any atom is -0.483 e. The van der Waals surface area contributed by atoms with Crippen LogP contribution in [-0.4, -0.2) is 81.9 Å². The SMILES string of the molecule is CCCNC(=O)Nc1ccc2c(C(=O)N3CCN4CCC3CC4)nn(C)c2c1.O=CO. The molecule has 4 heterocycles. The minimum absolute atomic E-state index is 0.0146. The topological polar surface area (TPSA) is 120 Å². The molecule has 0 radical (unpaired) electrons. The molecule has 0 saturated carbocycles. The van der Waals surface area contributed by atoms with E-state index < -0.39 is 0 Å². The third-order valence-electron chi connectivity index (χ3n) is 5.76. The van der Waals surface area contributed by atoms with E-state index in [2.05, 4.69) is 20.6 Å². The Morgan fingerprint density at radius 2 is 1.94 bits per heavy atom. The standard InChI is InChI=1S/C20H28N6O2.CH2O2/c1-3-8-21-20(28)22-14-4-5-16-17(13-14)24(2)23-18(16)19(27)26-12-11-25-9-6-15(26)7-10-25;2-1-3/h4-5,13,15H,3,6-12H2,1-2H3,(H2,21,22,28);1H,(H,2,3). The Hall–Kier alpha value is -3.14. The minimum atomic E-state index is -0.250. The van der Waals surface area contributed by atoms with Gasteiger partial charge in [-0.2, -0.15) is 5.10 Å². The van der Waals surface area contributed by atoms with Crippen LogP contribution in [0.3, 0.4) is 0 Å². The third-order valence-corrected chi connectivity index (χ3v) is 5.76. The van der Waals surface area contributed by atoms with Gasteiger partial charge in [0.15, 0.2) is 5.69 Å². The summed E-state index contributed by atoms with van der Waals surface area (Å²) in [5, 5.41) is 17.9. The zero-order valence-electron chi connectivity index (χ0n) is 18.0. The molecular formula is C21H30N6O4. The van der Waals surface area contributed by atoms with Crippen LogP contribution in [0.15, 0.2) is 18.2 Å². The van der Waals surface area contributed by atoms with Crippen LogP contribution < -0.4 is 10.6 Å². The first-order valence-corrected chi connectivity index (χ1v) is 10.6. The summed E-state index contributed by atoms with van der Waals surface area (Å²) in [5.41, 5.74) is 2.02. The molecule has 1 aromatic heterocycles. The van der Waals surface area contributed by atoms with Crippen LogP contribution in [0.4, 0.5) is 10.5 Å². The van der Waals surface area contributed by atoms with E-state index >= 15 is 0 Å². The fourth-order valence-electron chi connectivity index (χ4n) is 4.20. The van der Waals surface area contributed by atoms with E-state index in [0.29, 0.717) is 24.0 Å². The number of carbonyl (C=O) groups excluding carboxylic acids is 2. The number of rotatable bonds is 4. The molecule has 3 fully saturated rings. The summed E-state index contributed by atoms with van der Waals surface area (Å²) < 4.78 is 1.72. The number of nitrogens with zero attached hydrogens (tertiary/aromatic N) is 4. The largest absolute Gasteiger partial charge is 0.483 e. The number of urea groups is 1. The van der Waals surface area contributed by atoms with Gasteiger partial charge in [-0.15, -0.1) is 0 Å². The molecule has 3 aliphatic heterocycles. The van der Waals surface area contributed by atoms with Gasteiger partial charge in [0, 0.05) is 56.9 Å². The number of carboxylic acid groups (broad SMARTS) is 1. The lowest BCUT2D eigenvalue weighted by molar-refractivity contribution is -0.122. The first kappa shape index (κ1) is 22.5. The van der Waals surface area contributed by atoms with Crippen molar-refractivity contribution in [3.05, 3.63) is 23.9 Å².